The summed E-state index contributed by atoms with van der Waals surface area (Å²) in [5, 5.41) is 2.70. The minimum Gasteiger partial charge on any atom is -0.497 e. The molecule has 138 valence electrons. The van der Waals surface area contributed by atoms with Gasteiger partial charge in [0.2, 0.25) is 0 Å². The zero-order valence-electron chi connectivity index (χ0n) is 14.8. The summed E-state index contributed by atoms with van der Waals surface area (Å²) >= 11 is 0. The molecule has 0 spiro atoms. The van der Waals surface area contributed by atoms with Crippen LogP contribution in [0.25, 0.3) is 0 Å². The van der Waals surface area contributed by atoms with Gasteiger partial charge < -0.3 is 14.8 Å². The highest BCUT2D eigenvalue weighted by molar-refractivity contribution is 5.94. The first-order valence-electron chi connectivity index (χ1n) is 8.38. The van der Waals surface area contributed by atoms with Crippen LogP contribution in [-0.2, 0) is 13.2 Å². The van der Waals surface area contributed by atoms with Crippen LogP contribution in [0.1, 0.15) is 21.5 Å². The number of carbonyl (C=O) groups excluding carboxylic acids is 1. The Bertz CT molecular complexity index is 899. The van der Waals surface area contributed by atoms with Gasteiger partial charge in [0.05, 0.1) is 12.7 Å². The molecule has 0 aliphatic heterocycles. The predicted octanol–water partition coefficient (Wildman–Crippen LogP) is 3.74. The average molecular weight is 366 g/mol. The fourth-order valence-electron chi connectivity index (χ4n) is 2.44. The molecule has 27 heavy (non-hydrogen) atoms. The van der Waals surface area contributed by atoms with Crippen LogP contribution in [0, 0.1) is 5.82 Å². The molecule has 3 rings (SSSR count). The summed E-state index contributed by atoms with van der Waals surface area (Å²) in [7, 11) is 1.44. The van der Waals surface area contributed by atoms with Crippen molar-refractivity contribution in [3.63, 3.8) is 0 Å². The van der Waals surface area contributed by atoms with E-state index in [1.54, 1.807) is 18.5 Å². The standard InChI is InChI=1S/C21H19FN2O3/c1-26-18-8-9-19(20(22)11-18)21(25)24-13-15-4-6-17(7-5-15)27-14-16-3-2-10-23-12-16/h2-12H,13-14H2,1H3,(H,24,25). The van der Waals surface area contributed by atoms with Crippen LogP contribution in [0.5, 0.6) is 11.5 Å². The van der Waals surface area contributed by atoms with Crippen LogP contribution in [0.2, 0.25) is 0 Å². The number of nitrogens with zero attached hydrogens (tertiary/aromatic N) is 1. The molecule has 1 aromatic heterocycles. The van der Waals surface area contributed by atoms with Gasteiger partial charge in [0.15, 0.2) is 0 Å². The Morgan fingerprint density at radius 2 is 1.85 bits per heavy atom. The van der Waals surface area contributed by atoms with Gasteiger partial charge in [-0.2, -0.15) is 0 Å². The van der Waals surface area contributed by atoms with Crippen molar-refractivity contribution in [1.82, 2.24) is 10.3 Å². The lowest BCUT2D eigenvalue weighted by atomic mass is 10.1. The first kappa shape index (κ1) is 18.4. The third-order valence-electron chi connectivity index (χ3n) is 3.93. The summed E-state index contributed by atoms with van der Waals surface area (Å²) in [6, 6.07) is 15.3. The fraction of sp³-hybridized carbons (Fsp3) is 0.143. The number of aromatic nitrogens is 1. The molecule has 5 nitrogen and oxygen atoms in total. The van der Waals surface area contributed by atoms with E-state index in [2.05, 4.69) is 10.3 Å². The number of benzene rings is 2. The van der Waals surface area contributed by atoms with Crippen LogP contribution in [-0.4, -0.2) is 18.0 Å². The molecule has 3 aromatic rings. The summed E-state index contributed by atoms with van der Waals surface area (Å²) in [6.07, 6.45) is 3.46. The smallest absolute Gasteiger partial charge is 0.254 e. The maximum atomic E-state index is 13.9. The summed E-state index contributed by atoms with van der Waals surface area (Å²) in [4.78, 5) is 16.2. The summed E-state index contributed by atoms with van der Waals surface area (Å²) < 4.78 is 24.6. The molecule has 0 aliphatic rings. The minimum atomic E-state index is -0.619. The topological polar surface area (TPSA) is 60.5 Å². The molecule has 1 amide bonds. The van der Waals surface area contributed by atoms with Gasteiger partial charge in [-0.1, -0.05) is 18.2 Å². The average Bonchev–Trinajstić information content (AvgIpc) is 2.72. The van der Waals surface area contributed by atoms with Gasteiger partial charge in [0, 0.05) is 30.6 Å². The monoisotopic (exact) mass is 366 g/mol. The Morgan fingerprint density at radius 3 is 2.52 bits per heavy atom. The SMILES string of the molecule is COc1ccc(C(=O)NCc2ccc(OCc3cccnc3)cc2)c(F)c1. The highest BCUT2D eigenvalue weighted by atomic mass is 19.1. The van der Waals surface area contributed by atoms with Crippen LogP contribution in [0.15, 0.2) is 67.0 Å². The molecule has 2 aromatic carbocycles. The third-order valence-corrected chi connectivity index (χ3v) is 3.93. The zero-order chi connectivity index (χ0) is 19.1. The number of ether oxygens (including phenoxy) is 2. The lowest BCUT2D eigenvalue weighted by molar-refractivity contribution is 0.0947. The lowest BCUT2D eigenvalue weighted by Gasteiger charge is -2.09. The number of nitrogens with one attached hydrogen (secondary N) is 1. The van der Waals surface area contributed by atoms with Crippen LogP contribution < -0.4 is 14.8 Å². The summed E-state index contributed by atoms with van der Waals surface area (Å²) in [5.41, 5.74) is 1.84. The van der Waals surface area contributed by atoms with Crippen LogP contribution >= 0.6 is 0 Å². The van der Waals surface area contributed by atoms with E-state index in [0.29, 0.717) is 12.4 Å². The Labute approximate surface area is 156 Å². The maximum Gasteiger partial charge on any atom is 0.254 e. The number of rotatable bonds is 7. The summed E-state index contributed by atoms with van der Waals surface area (Å²) in [5.74, 6) is -0.0147. The van der Waals surface area contributed by atoms with Crippen molar-refractivity contribution < 1.29 is 18.7 Å². The third kappa shape index (κ3) is 5.04. The molecule has 0 saturated heterocycles. The Morgan fingerprint density at radius 1 is 1.07 bits per heavy atom. The Kier molecular flexibility index (Phi) is 5.99. The molecule has 6 heteroatoms. The largest absolute Gasteiger partial charge is 0.497 e. The first-order chi connectivity index (χ1) is 13.2. The molecule has 0 atom stereocenters. The molecule has 0 aliphatic carbocycles. The van der Waals surface area contributed by atoms with E-state index in [-0.39, 0.29) is 12.1 Å². The molecule has 0 unspecified atom stereocenters. The fourth-order valence-corrected chi connectivity index (χ4v) is 2.44. The van der Waals surface area contributed by atoms with Gasteiger partial charge in [-0.15, -0.1) is 0 Å². The summed E-state index contributed by atoms with van der Waals surface area (Å²) in [6.45, 7) is 0.716. The molecule has 0 radical (unpaired) electrons. The lowest BCUT2D eigenvalue weighted by Crippen LogP contribution is -2.23. The highest BCUT2D eigenvalue weighted by Crippen LogP contribution is 2.17. The number of methoxy groups -OCH3 is 1. The Balaban J connectivity index is 1.53. The second-order valence-corrected chi connectivity index (χ2v) is 5.82. The second-order valence-electron chi connectivity index (χ2n) is 5.82. The number of carbonyl (C=O) groups is 1. The van der Waals surface area contributed by atoms with Crippen LogP contribution in [0.3, 0.4) is 0 Å². The number of pyridine rings is 1. The van der Waals surface area contributed by atoms with Crippen molar-refractivity contribution in [2.75, 3.05) is 7.11 Å². The molecule has 0 fully saturated rings. The van der Waals surface area contributed by atoms with Crippen molar-refractivity contribution in [2.45, 2.75) is 13.2 Å². The van der Waals surface area contributed by atoms with Crippen molar-refractivity contribution in [1.29, 1.82) is 0 Å². The van der Waals surface area contributed by atoms with Crippen molar-refractivity contribution >= 4 is 5.91 Å². The molecule has 1 N–H and O–H groups in total. The number of hydrogen-bond donors (Lipinski definition) is 1. The number of amides is 1. The predicted molar refractivity (Wildman–Crippen MR) is 99.1 cm³/mol. The molecular formula is C21H19FN2O3. The first-order valence-corrected chi connectivity index (χ1v) is 8.38. The second kappa shape index (κ2) is 8.80. The van der Waals surface area contributed by atoms with E-state index in [9.17, 15) is 9.18 Å². The van der Waals surface area contributed by atoms with Gasteiger partial charge in [0.25, 0.3) is 5.91 Å². The van der Waals surface area contributed by atoms with Gasteiger partial charge in [-0.05, 0) is 35.9 Å². The number of hydrogen-bond acceptors (Lipinski definition) is 4. The van der Waals surface area contributed by atoms with E-state index >= 15 is 0 Å². The quantitative estimate of drug-likeness (QED) is 0.692. The van der Waals surface area contributed by atoms with E-state index in [1.807, 2.05) is 36.4 Å². The van der Waals surface area contributed by atoms with Gasteiger partial charge in [0.1, 0.15) is 23.9 Å². The van der Waals surface area contributed by atoms with Crippen molar-refractivity contribution in [3.8, 4) is 11.5 Å². The highest BCUT2D eigenvalue weighted by Gasteiger charge is 2.12. The zero-order valence-corrected chi connectivity index (χ0v) is 14.8. The molecular weight excluding hydrogens is 347 g/mol. The van der Waals surface area contributed by atoms with E-state index in [4.69, 9.17) is 9.47 Å². The number of halogens is 1. The van der Waals surface area contributed by atoms with Gasteiger partial charge in [-0.25, -0.2) is 4.39 Å². The normalized spacial score (nSPS) is 10.3. The molecule has 0 saturated carbocycles. The van der Waals surface area contributed by atoms with Crippen molar-refractivity contribution in [3.05, 3.63) is 89.5 Å². The van der Waals surface area contributed by atoms with Crippen molar-refractivity contribution in [2.24, 2.45) is 0 Å². The van der Waals surface area contributed by atoms with E-state index in [0.717, 1.165) is 16.9 Å². The van der Waals surface area contributed by atoms with E-state index < -0.39 is 11.7 Å². The van der Waals surface area contributed by atoms with Gasteiger partial charge in [-0.3, -0.25) is 9.78 Å². The minimum absolute atomic E-state index is 0.0211. The van der Waals surface area contributed by atoms with Crippen LogP contribution in [0.4, 0.5) is 4.39 Å². The molecule has 1 heterocycles. The van der Waals surface area contributed by atoms with E-state index in [1.165, 1.54) is 19.2 Å². The molecule has 0 bridgehead atoms. The maximum absolute atomic E-state index is 13.9. The Hall–Kier alpha value is -3.41. The van der Waals surface area contributed by atoms with Gasteiger partial charge >= 0.3 is 0 Å².